The predicted molar refractivity (Wildman–Crippen MR) is 467 cm³/mol. The number of carbonyl (C=O) groups is 5. The van der Waals surface area contributed by atoms with Gasteiger partial charge in [-0.3, -0.25) is 4.99 Å². The Kier molecular flexibility index (Phi) is 28.4. The summed E-state index contributed by atoms with van der Waals surface area (Å²) in [5.41, 5.74) is 16.8. The maximum atomic E-state index is 13.3. The lowest BCUT2D eigenvalue weighted by Gasteiger charge is -2.24. The van der Waals surface area contributed by atoms with E-state index >= 15 is 0 Å². The topological polar surface area (TPSA) is 167 Å². The molecule has 0 unspecified atom stereocenters. The molecule has 0 aliphatic carbocycles. The second kappa shape index (κ2) is 41.3. The molecule has 7 aliphatic rings. The zero-order valence-corrected chi connectivity index (χ0v) is 65.7. The molecule has 2 atom stereocenters. The van der Waals surface area contributed by atoms with Crippen LogP contribution in [0.4, 0.5) is 0 Å². The van der Waals surface area contributed by atoms with Gasteiger partial charge in [0.05, 0.1) is 60.3 Å². The van der Waals surface area contributed by atoms with Crippen LogP contribution in [0.2, 0.25) is 0 Å². The van der Waals surface area contributed by atoms with Crippen molar-refractivity contribution in [2.24, 2.45) is 4.99 Å². The summed E-state index contributed by atoms with van der Waals surface area (Å²) in [5.74, 6) is 23.7. The molecule has 0 saturated heterocycles. The van der Waals surface area contributed by atoms with E-state index in [0.29, 0.717) is 129 Å². The fourth-order valence-electron chi connectivity index (χ4n) is 13.4. The number of nitrogens with zero attached hydrogens (tertiary/aromatic N) is 1. The molecule has 0 fully saturated rings. The van der Waals surface area contributed by atoms with Gasteiger partial charge in [0, 0.05) is 56.1 Å². The van der Waals surface area contributed by atoms with Gasteiger partial charge in [0.2, 0.25) is 0 Å². The van der Waals surface area contributed by atoms with E-state index in [-0.39, 0.29) is 44.1 Å². The van der Waals surface area contributed by atoms with Crippen LogP contribution in [-0.2, 0) is 18.9 Å². The van der Waals surface area contributed by atoms with Crippen molar-refractivity contribution in [2.75, 3.05) is 26.4 Å². The van der Waals surface area contributed by atoms with E-state index in [2.05, 4.69) is 133 Å². The summed E-state index contributed by atoms with van der Waals surface area (Å²) in [7, 11) is 0. The fourth-order valence-corrected chi connectivity index (χ4v) is 13.4. The molecular formula is C106H86N2O10. The minimum atomic E-state index is -1.07. The van der Waals surface area contributed by atoms with Crippen LogP contribution in [0.25, 0.3) is 44.5 Å². The van der Waals surface area contributed by atoms with Crippen LogP contribution in [0.5, 0.6) is 0 Å². The van der Waals surface area contributed by atoms with Crippen LogP contribution >= 0.6 is 0 Å². The molecule has 19 rings (SSSR count). The molecule has 0 radical (unpaired) electrons. The molecule has 2 N–H and O–H groups in total. The zero-order chi connectivity index (χ0) is 81.6. The molecule has 12 nitrogen and oxygen atoms in total. The number of benzene rings is 12. The Labute approximate surface area is 690 Å². The Bertz CT molecular complexity index is 5650. The SMILES string of the molecule is C[C@@H](N=C(N[C@H](C)c1ccccc1)c1c2cccc1-c1ccc(cc1)C#Cc1cccc(c1)C(=O)OCCC/C=C/CCCOC(=O)c1cccc(c1)C#Cc1ccc(cc1)-c1cccc(c1C(=O)O)-c1ccc(cc1)C#Cc1cccc(c1)C(=O)OCCC/C=C/CCCOC(=O)c1cccc(c1)C#Cc1ccc-2cc1)c1ccccc1. The minimum Gasteiger partial charge on any atom is -0.478 e. The lowest BCUT2D eigenvalue weighted by molar-refractivity contribution is 0.0491. The van der Waals surface area contributed by atoms with Crippen molar-refractivity contribution in [3.05, 3.63) is 405 Å². The summed E-state index contributed by atoms with van der Waals surface area (Å²) in [6.07, 6.45) is 13.5. The van der Waals surface area contributed by atoms with Crippen LogP contribution in [0.15, 0.2) is 320 Å². The van der Waals surface area contributed by atoms with Gasteiger partial charge >= 0.3 is 29.8 Å². The number of allylic oxidation sites excluding steroid dienone is 4. The average molecular weight is 1550 g/mol. The lowest BCUT2D eigenvalue weighted by atomic mass is 9.89. The van der Waals surface area contributed by atoms with Crippen molar-refractivity contribution in [1.29, 1.82) is 0 Å². The summed E-state index contributed by atoms with van der Waals surface area (Å²) in [4.78, 5) is 71.5. The third-order valence-electron chi connectivity index (χ3n) is 19.7. The van der Waals surface area contributed by atoms with Gasteiger partial charge in [0.15, 0.2) is 0 Å². The van der Waals surface area contributed by atoms with Crippen molar-refractivity contribution < 1.29 is 48.0 Å². The van der Waals surface area contributed by atoms with Crippen LogP contribution in [-0.4, -0.2) is 67.2 Å². The molecule has 580 valence electrons. The number of hydrogen-bond acceptors (Lipinski definition) is 10. The van der Waals surface area contributed by atoms with Crippen molar-refractivity contribution in [3.8, 4) is 91.9 Å². The highest BCUT2D eigenvalue weighted by molar-refractivity contribution is 6.10. The van der Waals surface area contributed by atoms with Gasteiger partial charge in [-0.2, -0.15) is 0 Å². The first-order chi connectivity index (χ1) is 57.8. The largest absolute Gasteiger partial charge is 0.478 e. The van der Waals surface area contributed by atoms with Gasteiger partial charge in [0.25, 0.3) is 0 Å². The third-order valence-corrected chi connectivity index (χ3v) is 19.7. The molecule has 0 spiro atoms. The maximum absolute atomic E-state index is 13.3. The summed E-state index contributed by atoms with van der Waals surface area (Å²) in [6.45, 7) is 5.21. The van der Waals surface area contributed by atoms with Crippen LogP contribution in [0, 0.1) is 47.4 Å². The predicted octanol–water partition coefficient (Wildman–Crippen LogP) is 22.1. The van der Waals surface area contributed by atoms with E-state index in [0.717, 1.165) is 55.9 Å². The fraction of sp³-hybridized carbons (Fsp3) is 0.151. The van der Waals surface area contributed by atoms with E-state index in [9.17, 15) is 29.1 Å². The molecular weight excluding hydrogens is 1460 g/mol. The quantitative estimate of drug-likeness (QED) is 0.0406. The number of carbonyl (C=O) groups excluding carboxylic acids is 4. The molecule has 0 aromatic heterocycles. The first-order valence-electron chi connectivity index (χ1n) is 39.6. The number of ether oxygens (including phenoxy) is 4. The minimum absolute atomic E-state index is 0.119. The monoisotopic (exact) mass is 1550 g/mol. The Balaban J connectivity index is 0.700. The molecule has 118 heavy (non-hydrogen) atoms. The first kappa shape index (κ1) is 81.2. The normalized spacial score (nSPS) is 14.5. The number of rotatable bonds is 6. The van der Waals surface area contributed by atoms with E-state index < -0.39 is 29.8 Å². The van der Waals surface area contributed by atoms with Crippen molar-refractivity contribution in [2.45, 2.75) is 77.3 Å². The number of aliphatic imine (C=N–C) groups is 1. The third kappa shape index (κ3) is 22.8. The number of hydrogen-bond donors (Lipinski definition) is 2. The average Bonchev–Trinajstić information content (AvgIpc) is 0.797. The standard InChI is InChI=1S/C106H86N2O10/c1-75(85-31-13-11-14-32-85)107-101(108-76(2)86-33-15-12-16-34-86)99-95-39-25-40-96(99)88-61-53-78(54-62-88)44-48-82-28-22-36-92(72-82)104(112)116-68-18-8-4-6-10-20-70-118-106(114)94-38-24-30-84(74-94)50-46-80-57-65-90(66-58-80)98-42-26-41-97(100(98)102(109)110)89-63-55-79(56-64-89)45-49-83-29-23-37-93(73-83)105(113)117-69-19-9-5-3-7-17-67-115-103(111)91-35-21-27-81(71-91)47-43-77-51-59-87(95)60-52-77/h3-6,11-16,21-42,51-66,71-76H,7-10,17-20,67-70H2,1-2H3,(H,107,108)(H,109,110)/b5-3+,6-4+/t75-,76-/m1/s1. The van der Waals surface area contributed by atoms with Crippen molar-refractivity contribution in [3.63, 3.8) is 0 Å². The highest BCUT2D eigenvalue weighted by atomic mass is 16.5. The van der Waals surface area contributed by atoms with E-state index in [4.69, 9.17) is 23.9 Å². The number of nitrogens with one attached hydrogen (secondary N) is 1. The Morgan fingerprint density at radius 2 is 0.585 bits per heavy atom. The highest BCUT2D eigenvalue weighted by Crippen LogP contribution is 2.37. The smallest absolute Gasteiger partial charge is 0.338 e. The summed E-state index contributed by atoms with van der Waals surface area (Å²) in [6, 6.07) is 91.4. The Hall–Kier alpha value is -14.8. The molecule has 12 heteroatoms. The van der Waals surface area contributed by atoms with Gasteiger partial charge in [-0.1, -0.05) is 242 Å². The molecule has 7 heterocycles. The van der Waals surface area contributed by atoms with Gasteiger partial charge in [0.1, 0.15) is 5.84 Å². The first-order valence-corrected chi connectivity index (χ1v) is 39.6. The van der Waals surface area contributed by atoms with E-state index in [1.165, 1.54) is 0 Å². The Morgan fingerprint density at radius 3 is 0.881 bits per heavy atom. The van der Waals surface area contributed by atoms with Gasteiger partial charge < -0.3 is 29.4 Å². The maximum Gasteiger partial charge on any atom is 0.338 e. The summed E-state index contributed by atoms with van der Waals surface area (Å²) >= 11 is 0. The number of esters is 4. The summed E-state index contributed by atoms with van der Waals surface area (Å²) in [5, 5.41) is 14.5. The molecule has 12 aromatic carbocycles. The molecule has 0 saturated carbocycles. The molecule has 7 aliphatic heterocycles. The second-order valence-corrected chi connectivity index (χ2v) is 28.3. The number of carboxylic acids is 1. The van der Waals surface area contributed by atoms with Crippen LogP contribution < -0.4 is 5.32 Å². The second-order valence-electron chi connectivity index (χ2n) is 28.3. The van der Waals surface area contributed by atoms with E-state index in [1.807, 2.05) is 164 Å². The number of aromatic carboxylic acids is 1. The molecule has 12 aromatic rings. The van der Waals surface area contributed by atoms with E-state index in [1.54, 1.807) is 84.9 Å². The molecule has 20 bridgehead atoms. The van der Waals surface area contributed by atoms with Crippen LogP contribution in [0.3, 0.4) is 0 Å². The highest BCUT2D eigenvalue weighted by Gasteiger charge is 2.23. The zero-order valence-electron chi connectivity index (χ0n) is 65.7. The van der Waals surface area contributed by atoms with Gasteiger partial charge in [-0.25, -0.2) is 24.0 Å². The van der Waals surface area contributed by atoms with Gasteiger partial charge in [-0.15, -0.1) is 0 Å². The van der Waals surface area contributed by atoms with Crippen molar-refractivity contribution in [1.82, 2.24) is 5.32 Å². The summed E-state index contributed by atoms with van der Waals surface area (Å²) < 4.78 is 22.6. The number of amidine groups is 1. The molecule has 0 amide bonds. The Morgan fingerprint density at radius 1 is 0.314 bits per heavy atom. The van der Waals surface area contributed by atoms with Crippen LogP contribution in [0.1, 0.15) is 190 Å². The van der Waals surface area contributed by atoms with Gasteiger partial charge in [-0.05, 0) is 242 Å². The number of carboxylic acid groups (broad SMARTS) is 1. The van der Waals surface area contributed by atoms with Crippen molar-refractivity contribution >= 4 is 35.7 Å². The lowest BCUT2D eigenvalue weighted by Crippen LogP contribution is -2.29.